The van der Waals surface area contributed by atoms with E-state index in [2.05, 4.69) is 4.72 Å². The molecule has 1 aromatic rings. The zero-order valence-electron chi connectivity index (χ0n) is 9.83. The summed E-state index contributed by atoms with van der Waals surface area (Å²) in [6, 6.07) is 8.73. The Labute approximate surface area is 107 Å². The van der Waals surface area contributed by atoms with E-state index in [1.54, 1.807) is 24.3 Å². The molecule has 0 heterocycles. The number of sulfonamides is 1. The van der Waals surface area contributed by atoms with Crippen LogP contribution in [0, 0.1) is 11.3 Å². The molecular formula is C13H14N2O2S. The summed E-state index contributed by atoms with van der Waals surface area (Å²) in [4.78, 5) is 0. The molecule has 1 aromatic carbocycles. The first kappa shape index (κ1) is 12.8. The molecule has 0 saturated carbocycles. The first-order valence-corrected chi connectivity index (χ1v) is 7.39. The predicted octanol–water partition coefficient (Wildman–Crippen LogP) is 1.70. The third-order valence-electron chi connectivity index (χ3n) is 2.84. The topological polar surface area (TPSA) is 70.0 Å². The van der Waals surface area contributed by atoms with E-state index in [1.807, 2.05) is 18.2 Å². The molecule has 0 amide bonds. The van der Waals surface area contributed by atoms with Gasteiger partial charge in [-0.2, -0.15) is 5.26 Å². The van der Waals surface area contributed by atoms with Gasteiger partial charge in [-0.3, -0.25) is 0 Å². The fourth-order valence-electron chi connectivity index (χ4n) is 1.97. The summed E-state index contributed by atoms with van der Waals surface area (Å²) in [5, 5.41) is 8.92. The van der Waals surface area contributed by atoms with Crippen LogP contribution in [0.1, 0.15) is 24.0 Å². The lowest BCUT2D eigenvalue weighted by Crippen LogP contribution is -2.33. The van der Waals surface area contributed by atoms with Crippen LogP contribution in [-0.2, 0) is 15.8 Å². The number of nitriles is 1. The van der Waals surface area contributed by atoms with Gasteiger partial charge in [0.15, 0.2) is 0 Å². The minimum atomic E-state index is -3.39. The van der Waals surface area contributed by atoms with E-state index in [-0.39, 0.29) is 11.8 Å². The van der Waals surface area contributed by atoms with Crippen LogP contribution in [0.2, 0.25) is 0 Å². The Morgan fingerprint density at radius 2 is 1.94 bits per heavy atom. The molecule has 94 valence electrons. The summed E-state index contributed by atoms with van der Waals surface area (Å²) in [5.41, 5.74) is 0.950. The molecule has 1 N–H and O–H groups in total. The van der Waals surface area contributed by atoms with Crippen LogP contribution in [0.5, 0.6) is 0 Å². The number of hydrogen-bond acceptors (Lipinski definition) is 3. The molecule has 5 heteroatoms. The maximum atomic E-state index is 12.0. The number of nitrogens with zero attached hydrogens (tertiary/aromatic N) is 1. The van der Waals surface area contributed by atoms with E-state index in [1.165, 1.54) is 0 Å². The first-order valence-electron chi connectivity index (χ1n) is 5.74. The van der Waals surface area contributed by atoms with Gasteiger partial charge in [0.05, 0.1) is 17.4 Å². The third kappa shape index (κ3) is 3.19. The summed E-state index contributed by atoms with van der Waals surface area (Å²) >= 11 is 0. The Bertz CT molecular complexity index is 592. The zero-order valence-corrected chi connectivity index (χ0v) is 10.7. The lowest BCUT2D eigenvalue weighted by atomic mass is 10.1. The summed E-state index contributed by atoms with van der Waals surface area (Å²) in [5.74, 6) is -0.146. The van der Waals surface area contributed by atoms with E-state index in [4.69, 9.17) is 5.26 Å². The monoisotopic (exact) mass is 262 g/mol. The van der Waals surface area contributed by atoms with Crippen LogP contribution in [0.3, 0.4) is 0 Å². The van der Waals surface area contributed by atoms with E-state index < -0.39 is 10.0 Å². The maximum Gasteiger partial charge on any atom is 0.216 e. The molecule has 0 atom stereocenters. The SMILES string of the molecule is N#Cc1ccccc1CS(=O)(=O)NC1CC=CC1. The summed E-state index contributed by atoms with van der Waals surface area (Å²) in [6.07, 6.45) is 5.41. The van der Waals surface area contributed by atoms with Gasteiger partial charge in [-0.25, -0.2) is 13.1 Å². The number of benzene rings is 1. The fourth-order valence-corrected chi connectivity index (χ4v) is 3.41. The summed E-state index contributed by atoms with van der Waals surface area (Å²) < 4.78 is 26.6. The molecule has 0 fully saturated rings. The van der Waals surface area contributed by atoms with E-state index in [0.717, 1.165) is 12.8 Å². The van der Waals surface area contributed by atoms with Crippen LogP contribution in [0.25, 0.3) is 0 Å². The molecule has 0 spiro atoms. The molecule has 0 saturated heterocycles. The Morgan fingerprint density at radius 1 is 1.28 bits per heavy atom. The van der Waals surface area contributed by atoms with Crippen molar-refractivity contribution in [1.29, 1.82) is 5.26 Å². The normalized spacial score (nSPS) is 15.7. The van der Waals surface area contributed by atoms with E-state index >= 15 is 0 Å². The quantitative estimate of drug-likeness (QED) is 0.839. The van der Waals surface area contributed by atoms with Crippen molar-refractivity contribution in [3.63, 3.8) is 0 Å². The molecule has 0 unspecified atom stereocenters. The first-order chi connectivity index (χ1) is 8.61. The second-order valence-electron chi connectivity index (χ2n) is 4.29. The van der Waals surface area contributed by atoms with Crippen LogP contribution in [0.4, 0.5) is 0 Å². The molecule has 0 radical (unpaired) electrons. The lowest BCUT2D eigenvalue weighted by molar-refractivity contribution is 0.556. The fraction of sp³-hybridized carbons (Fsp3) is 0.308. The molecule has 1 aliphatic rings. The number of nitrogens with one attached hydrogen (secondary N) is 1. The van der Waals surface area contributed by atoms with Crippen molar-refractivity contribution in [3.8, 4) is 6.07 Å². The highest BCUT2D eigenvalue weighted by molar-refractivity contribution is 7.88. The molecule has 18 heavy (non-hydrogen) atoms. The maximum absolute atomic E-state index is 12.0. The standard InChI is InChI=1S/C13H14N2O2S/c14-9-11-5-1-2-6-12(11)10-18(16,17)15-13-7-3-4-8-13/h1-6,13,15H,7-8,10H2. The van der Waals surface area contributed by atoms with Crippen molar-refractivity contribution in [2.75, 3.05) is 0 Å². The highest BCUT2D eigenvalue weighted by Gasteiger charge is 2.20. The van der Waals surface area contributed by atoms with Gasteiger partial charge < -0.3 is 0 Å². The molecule has 4 nitrogen and oxygen atoms in total. The van der Waals surface area contributed by atoms with Crippen LogP contribution >= 0.6 is 0 Å². The van der Waals surface area contributed by atoms with E-state index in [9.17, 15) is 8.42 Å². The average molecular weight is 262 g/mol. The highest BCUT2D eigenvalue weighted by atomic mass is 32.2. The van der Waals surface area contributed by atoms with Gasteiger partial charge in [0.1, 0.15) is 0 Å². The molecule has 0 bridgehead atoms. The largest absolute Gasteiger partial charge is 0.216 e. The highest BCUT2D eigenvalue weighted by Crippen LogP contribution is 2.14. The van der Waals surface area contributed by atoms with Gasteiger partial charge in [0.25, 0.3) is 0 Å². The summed E-state index contributed by atoms with van der Waals surface area (Å²) in [6.45, 7) is 0. The van der Waals surface area contributed by atoms with Crippen LogP contribution < -0.4 is 4.72 Å². The van der Waals surface area contributed by atoms with Crippen molar-refractivity contribution in [1.82, 2.24) is 4.72 Å². The molecule has 0 aromatic heterocycles. The van der Waals surface area contributed by atoms with E-state index in [0.29, 0.717) is 11.1 Å². The van der Waals surface area contributed by atoms with Gasteiger partial charge in [0, 0.05) is 6.04 Å². The third-order valence-corrected chi connectivity index (χ3v) is 4.22. The second-order valence-corrected chi connectivity index (χ2v) is 6.04. The average Bonchev–Trinajstić information content (AvgIpc) is 2.81. The Hall–Kier alpha value is -1.64. The van der Waals surface area contributed by atoms with Crippen molar-refractivity contribution in [2.24, 2.45) is 0 Å². The van der Waals surface area contributed by atoms with Crippen molar-refractivity contribution < 1.29 is 8.42 Å². The molecule has 2 rings (SSSR count). The van der Waals surface area contributed by atoms with Crippen LogP contribution in [0.15, 0.2) is 36.4 Å². The van der Waals surface area contributed by atoms with Gasteiger partial charge in [-0.15, -0.1) is 0 Å². The number of hydrogen-bond donors (Lipinski definition) is 1. The minimum absolute atomic E-state index is 0.0377. The van der Waals surface area contributed by atoms with Crippen molar-refractivity contribution >= 4 is 10.0 Å². The number of rotatable bonds is 4. The van der Waals surface area contributed by atoms with Crippen molar-refractivity contribution in [2.45, 2.75) is 24.6 Å². The molecular weight excluding hydrogens is 248 g/mol. The Kier molecular flexibility index (Phi) is 3.80. The van der Waals surface area contributed by atoms with Gasteiger partial charge in [-0.05, 0) is 24.5 Å². The van der Waals surface area contributed by atoms with Gasteiger partial charge >= 0.3 is 0 Å². The molecule has 0 aliphatic heterocycles. The zero-order chi connectivity index (χ0) is 13.0. The predicted molar refractivity (Wildman–Crippen MR) is 69.1 cm³/mol. The lowest BCUT2D eigenvalue weighted by Gasteiger charge is -2.13. The summed E-state index contributed by atoms with van der Waals surface area (Å²) in [7, 11) is -3.39. The minimum Gasteiger partial charge on any atom is -0.212 e. The second kappa shape index (κ2) is 5.34. The molecule has 1 aliphatic carbocycles. The van der Waals surface area contributed by atoms with Gasteiger partial charge in [0.2, 0.25) is 10.0 Å². The van der Waals surface area contributed by atoms with Gasteiger partial charge in [-0.1, -0.05) is 30.4 Å². The smallest absolute Gasteiger partial charge is 0.212 e. The van der Waals surface area contributed by atoms with Crippen LogP contribution in [-0.4, -0.2) is 14.5 Å². The Morgan fingerprint density at radius 3 is 2.61 bits per heavy atom. The Balaban J connectivity index is 2.10. The van der Waals surface area contributed by atoms with Crippen molar-refractivity contribution in [3.05, 3.63) is 47.5 Å².